The number of carbonyl (C=O) groups excluding carboxylic acids is 1. The monoisotopic (exact) mass is 173 g/mol. The Labute approximate surface area is 79.1 Å². The SMILES string of the molecule is [CH2]CCC(=O)C=Cc1ccccc1. The van der Waals surface area contributed by atoms with E-state index in [9.17, 15) is 4.79 Å². The lowest BCUT2D eigenvalue weighted by molar-refractivity contribution is -0.114. The number of carbonyl (C=O) groups is 1. The molecular weight excluding hydrogens is 160 g/mol. The summed E-state index contributed by atoms with van der Waals surface area (Å²) in [5, 5.41) is 0. The van der Waals surface area contributed by atoms with E-state index in [0.717, 1.165) is 5.56 Å². The van der Waals surface area contributed by atoms with Crippen LogP contribution >= 0.6 is 0 Å². The number of ketones is 1. The average Bonchev–Trinajstić information content (AvgIpc) is 2.17. The summed E-state index contributed by atoms with van der Waals surface area (Å²) in [6.07, 6.45) is 4.64. The van der Waals surface area contributed by atoms with E-state index in [1.165, 1.54) is 0 Å². The van der Waals surface area contributed by atoms with Gasteiger partial charge in [-0.15, -0.1) is 0 Å². The van der Waals surface area contributed by atoms with E-state index in [-0.39, 0.29) is 5.78 Å². The molecule has 1 rings (SSSR count). The molecule has 1 heteroatoms. The molecule has 0 fully saturated rings. The minimum Gasteiger partial charge on any atom is -0.295 e. The van der Waals surface area contributed by atoms with Gasteiger partial charge >= 0.3 is 0 Å². The number of allylic oxidation sites excluding steroid dienone is 1. The quantitative estimate of drug-likeness (QED) is 0.640. The number of rotatable bonds is 4. The van der Waals surface area contributed by atoms with Gasteiger partial charge in [0.25, 0.3) is 0 Å². The van der Waals surface area contributed by atoms with Crippen molar-refractivity contribution >= 4 is 11.9 Å². The highest BCUT2D eigenvalue weighted by Crippen LogP contribution is 2.01. The highest BCUT2D eigenvalue weighted by molar-refractivity contribution is 5.93. The Balaban J connectivity index is 2.54. The van der Waals surface area contributed by atoms with E-state index in [0.29, 0.717) is 12.8 Å². The Morgan fingerprint density at radius 3 is 2.62 bits per heavy atom. The van der Waals surface area contributed by atoms with Crippen LogP contribution in [0.3, 0.4) is 0 Å². The van der Waals surface area contributed by atoms with Gasteiger partial charge in [-0.05, 0) is 18.1 Å². The third kappa shape index (κ3) is 3.70. The molecule has 0 saturated heterocycles. The maximum atomic E-state index is 11.1. The molecule has 0 saturated carbocycles. The van der Waals surface area contributed by atoms with E-state index < -0.39 is 0 Å². The van der Waals surface area contributed by atoms with Crippen molar-refractivity contribution in [1.29, 1.82) is 0 Å². The first-order chi connectivity index (χ1) is 6.33. The summed E-state index contributed by atoms with van der Waals surface area (Å²) >= 11 is 0. The van der Waals surface area contributed by atoms with Crippen molar-refractivity contribution in [1.82, 2.24) is 0 Å². The van der Waals surface area contributed by atoms with Gasteiger partial charge in [0, 0.05) is 6.42 Å². The molecule has 0 aliphatic carbocycles. The fourth-order valence-corrected chi connectivity index (χ4v) is 1.01. The maximum absolute atomic E-state index is 11.1. The van der Waals surface area contributed by atoms with Crippen molar-refractivity contribution in [3.05, 3.63) is 48.9 Å². The lowest BCUT2D eigenvalue weighted by atomic mass is 10.1. The lowest BCUT2D eigenvalue weighted by Crippen LogP contribution is -1.89. The van der Waals surface area contributed by atoms with Crippen molar-refractivity contribution in [3.63, 3.8) is 0 Å². The van der Waals surface area contributed by atoms with Crippen LogP contribution in [0, 0.1) is 6.92 Å². The van der Waals surface area contributed by atoms with Crippen LogP contribution in [0.25, 0.3) is 6.08 Å². The number of hydrogen-bond donors (Lipinski definition) is 0. The summed E-state index contributed by atoms with van der Waals surface area (Å²) in [6, 6.07) is 9.79. The first-order valence-corrected chi connectivity index (χ1v) is 4.38. The molecule has 0 spiro atoms. The molecule has 0 aromatic heterocycles. The molecule has 0 aliphatic rings. The minimum absolute atomic E-state index is 0.138. The zero-order valence-electron chi connectivity index (χ0n) is 7.57. The molecule has 1 nitrogen and oxygen atoms in total. The molecule has 0 aliphatic heterocycles. The molecule has 13 heavy (non-hydrogen) atoms. The topological polar surface area (TPSA) is 17.1 Å². The first-order valence-electron chi connectivity index (χ1n) is 4.38. The largest absolute Gasteiger partial charge is 0.295 e. The van der Waals surface area contributed by atoms with Crippen molar-refractivity contribution in [2.75, 3.05) is 0 Å². The Kier molecular flexibility index (Phi) is 3.97. The van der Waals surface area contributed by atoms with Crippen molar-refractivity contribution in [3.8, 4) is 0 Å². The molecule has 0 atom stereocenters. The van der Waals surface area contributed by atoms with Crippen molar-refractivity contribution in [2.45, 2.75) is 12.8 Å². The summed E-state index contributed by atoms with van der Waals surface area (Å²) in [6.45, 7) is 3.63. The Bertz CT molecular complexity index is 285. The molecule has 0 N–H and O–H groups in total. The predicted molar refractivity (Wildman–Crippen MR) is 55.1 cm³/mol. The maximum Gasteiger partial charge on any atom is 0.155 e. The van der Waals surface area contributed by atoms with Gasteiger partial charge in [-0.3, -0.25) is 4.79 Å². The highest BCUT2D eigenvalue weighted by Gasteiger charge is 1.92. The van der Waals surface area contributed by atoms with Gasteiger partial charge in [-0.1, -0.05) is 43.3 Å². The van der Waals surface area contributed by atoms with E-state index in [4.69, 9.17) is 0 Å². The first kappa shape index (κ1) is 9.72. The van der Waals surface area contributed by atoms with Gasteiger partial charge in [-0.25, -0.2) is 0 Å². The second kappa shape index (κ2) is 5.31. The van der Waals surface area contributed by atoms with Crippen LogP contribution in [-0.2, 0) is 4.79 Å². The summed E-state index contributed by atoms with van der Waals surface area (Å²) in [5.74, 6) is 0.138. The van der Waals surface area contributed by atoms with Crippen LogP contribution in [0.15, 0.2) is 36.4 Å². The molecule has 1 radical (unpaired) electrons. The van der Waals surface area contributed by atoms with Crippen LogP contribution in [0.2, 0.25) is 0 Å². The smallest absolute Gasteiger partial charge is 0.155 e. The van der Waals surface area contributed by atoms with Crippen LogP contribution in [0.1, 0.15) is 18.4 Å². The van der Waals surface area contributed by atoms with Gasteiger partial charge in [0.1, 0.15) is 0 Å². The Hall–Kier alpha value is -1.37. The van der Waals surface area contributed by atoms with Crippen molar-refractivity contribution < 1.29 is 4.79 Å². The van der Waals surface area contributed by atoms with Crippen LogP contribution < -0.4 is 0 Å². The fourth-order valence-electron chi connectivity index (χ4n) is 1.01. The lowest BCUT2D eigenvalue weighted by Gasteiger charge is -1.91. The molecule has 1 aromatic carbocycles. The molecule has 0 amide bonds. The molecular formula is C12H13O. The average molecular weight is 173 g/mol. The molecule has 1 aromatic rings. The van der Waals surface area contributed by atoms with Gasteiger partial charge in [-0.2, -0.15) is 0 Å². The molecule has 67 valence electrons. The number of hydrogen-bond acceptors (Lipinski definition) is 1. The predicted octanol–water partition coefficient (Wildman–Crippen LogP) is 2.88. The standard InChI is InChI=1S/C12H13O/c1-2-6-12(13)10-9-11-7-4-3-5-8-11/h3-5,7-10H,1-2,6H2. The van der Waals surface area contributed by atoms with E-state index in [1.807, 2.05) is 36.4 Å². The fraction of sp³-hybridized carbons (Fsp3) is 0.167. The van der Waals surface area contributed by atoms with Crippen LogP contribution in [0.4, 0.5) is 0 Å². The van der Waals surface area contributed by atoms with Crippen molar-refractivity contribution in [2.24, 2.45) is 0 Å². The minimum atomic E-state index is 0.138. The van der Waals surface area contributed by atoms with Gasteiger partial charge in [0.05, 0.1) is 0 Å². The third-order valence-corrected chi connectivity index (χ3v) is 1.68. The van der Waals surface area contributed by atoms with Gasteiger partial charge in [0.2, 0.25) is 0 Å². The Morgan fingerprint density at radius 1 is 1.31 bits per heavy atom. The highest BCUT2D eigenvalue weighted by atomic mass is 16.1. The van der Waals surface area contributed by atoms with Crippen LogP contribution in [-0.4, -0.2) is 5.78 Å². The molecule has 0 bridgehead atoms. The van der Waals surface area contributed by atoms with Gasteiger partial charge < -0.3 is 0 Å². The molecule has 0 unspecified atom stereocenters. The van der Waals surface area contributed by atoms with E-state index >= 15 is 0 Å². The normalized spacial score (nSPS) is 10.5. The zero-order chi connectivity index (χ0) is 9.52. The third-order valence-electron chi connectivity index (χ3n) is 1.68. The molecule has 0 heterocycles. The van der Waals surface area contributed by atoms with Gasteiger partial charge in [0.15, 0.2) is 5.78 Å². The summed E-state index contributed by atoms with van der Waals surface area (Å²) < 4.78 is 0. The summed E-state index contributed by atoms with van der Waals surface area (Å²) in [4.78, 5) is 11.1. The summed E-state index contributed by atoms with van der Waals surface area (Å²) in [5.41, 5.74) is 1.06. The second-order valence-electron chi connectivity index (χ2n) is 2.81. The summed E-state index contributed by atoms with van der Waals surface area (Å²) in [7, 11) is 0. The zero-order valence-corrected chi connectivity index (χ0v) is 7.57. The van der Waals surface area contributed by atoms with E-state index in [2.05, 4.69) is 6.92 Å². The van der Waals surface area contributed by atoms with E-state index in [1.54, 1.807) is 6.08 Å². The number of benzene rings is 1. The Morgan fingerprint density at radius 2 is 2.00 bits per heavy atom. The van der Waals surface area contributed by atoms with Crippen LogP contribution in [0.5, 0.6) is 0 Å². The second-order valence-corrected chi connectivity index (χ2v) is 2.81.